The van der Waals surface area contributed by atoms with Gasteiger partial charge in [0.25, 0.3) is 5.91 Å². The number of carbonyl (C=O) groups is 1. The Morgan fingerprint density at radius 3 is 2.54 bits per heavy atom. The minimum absolute atomic E-state index is 0.0132. The third-order valence-corrected chi connectivity index (χ3v) is 6.31. The summed E-state index contributed by atoms with van der Waals surface area (Å²) >= 11 is 0. The van der Waals surface area contributed by atoms with E-state index in [9.17, 15) is 14.4 Å². The van der Waals surface area contributed by atoms with Gasteiger partial charge in [-0.25, -0.2) is 14.1 Å². The number of nitrogens with zero attached hydrogens (tertiary/aromatic N) is 5. The van der Waals surface area contributed by atoms with Crippen molar-refractivity contribution in [1.82, 2.24) is 24.6 Å². The average molecular weight is 547 g/mol. The van der Waals surface area contributed by atoms with Gasteiger partial charge in [-0.05, 0) is 66.6 Å². The lowest BCUT2D eigenvalue weighted by atomic mass is 10.1. The van der Waals surface area contributed by atoms with Crippen LogP contribution in [0.25, 0.3) is 23.0 Å². The first-order valence-corrected chi connectivity index (χ1v) is 13.1. The molecule has 0 saturated carbocycles. The summed E-state index contributed by atoms with van der Waals surface area (Å²) in [7, 11) is 0. The predicted molar refractivity (Wildman–Crippen MR) is 153 cm³/mol. The maximum atomic E-state index is 13.2. The van der Waals surface area contributed by atoms with E-state index in [2.05, 4.69) is 10.3 Å². The van der Waals surface area contributed by atoms with E-state index in [1.807, 2.05) is 71.4 Å². The molecule has 9 heteroatoms. The molecule has 0 bridgehead atoms. The number of imidazole rings is 1. The SMILES string of the molecule is N#C/C(=C\c1cn(-c2ccccc2)nc1-c1ccc(OCc2ccc(F)cc2)cc1)C(=O)NCCCn1ccnc1. The second-order valence-corrected chi connectivity index (χ2v) is 9.23. The van der Waals surface area contributed by atoms with Crippen molar-refractivity contribution in [3.05, 3.63) is 126 Å². The molecule has 0 unspecified atom stereocenters. The molecular formula is C32H27FN6O2. The molecule has 1 N–H and O–H groups in total. The number of carbonyl (C=O) groups excluding carboxylic acids is 1. The fourth-order valence-electron chi connectivity index (χ4n) is 4.17. The second kappa shape index (κ2) is 13.0. The summed E-state index contributed by atoms with van der Waals surface area (Å²) in [6, 6.07) is 25.2. The van der Waals surface area contributed by atoms with Gasteiger partial charge >= 0.3 is 0 Å². The topological polar surface area (TPSA) is 97.8 Å². The number of para-hydroxylation sites is 1. The van der Waals surface area contributed by atoms with Crippen LogP contribution in [0.15, 0.2) is 109 Å². The smallest absolute Gasteiger partial charge is 0.261 e. The van der Waals surface area contributed by atoms with Crippen molar-refractivity contribution in [1.29, 1.82) is 5.26 Å². The Kier molecular flexibility index (Phi) is 8.62. The Balaban J connectivity index is 1.35. The fraction of sp³-hybridized carbons (Fsp3) is 0.125. The number of nitrogens with one attached hydrogen (secondary N) is 1. The molecule has 3 aromatic carbocycles. The van der Waals surface area contributed by atoms with Gasteiger partial charge in [-0.3, -0.25) is 4.79 Å². The molecule has 0 spiro atoms. The van der Waals surface area contributed by atoms with Crippen LogP contribution in [-0.4, -0.2) is 31.8 Å². The second-order valence-electron chi connectivity index (χ2n) is 9.23. The van der Waals surface area contributed by atoms with Gasteiger partial charge < -0.3 is 14.6 Å². The zero-order chi connectivity index (χ0) is 28.4. The average Bonchev–Trinajstić information content (AvgIpc) is 3.69. The van der Waals surface area contributed by atoms with Gasteiger partial charge in [-0.15, -0.1) is 0 Å². The molecule has 8 nitrogen and oxygen atoms in total. The molecule has 0 aliphatic rings. The van der Waals surface area contributed by atoms with Crippen LogP contribution < -0.4 is 10.1 Å². The van der Waals surface area contributed by atoms with Crippen molar-refractivity contribution in [3.8, 4) is 28.8 Å². The van der Waals surface area contributed by atoms with Crippen LogP contribution in [0.3, 0.4) is 0 Å². The van der Waals surface area contributed by atoms with Crippen molar-refractivity contribution in [2.75, 3.05) is 6.54 Å². The van der Waals surface area contributed by atoms with Crippen molar-refractivity contribution in [2.45, 2.75) is 19.6 Å². The first kappa shape index (κ1) is 27.1. The Morgan fingerprint density at radius 2 is 1.83 bits per heavy atom. The van der Waals surface area contributed by atoms with Crippen LogP contribution in [0.4, 0.5) is 4.39 Å². The van der Waals surface area contributed by atoms with Gasteiger partial charge in [-0.2, -0.15) is 10.4 Å². The molecule has 0 aliphatic heterocycles. The van der Waals surface area contributed by atoms with Crippen molar-refractivity contribution in [2.24, 2.45) is 0 Å². The molecule has 0 atom stereocenters. The summed E-state index contributed by atoms with van der Waals surface area (Å²) < 4.78 is 22.7. The first-order valence-electron chi connectivity index (χ1n) is 13.1. The molecule has 2 heterocycles. The van der Waals surface area contributed by atoms with Crippen molar-refractivity contribution in [3.63, 3.8) is 0 Å². The Bertz CT molecular complexity index is 1650. The van der Waals surface area contributed by atoms with Crippen LogP contribution in [-0.2, 0) is 17.9 Å². The third kappa shape index (κ3) is 7.13. The standard InChI is InChI=1S/C32H27FN6O2/c33-28-11-7-24(8-12-28)22-41-30-13-9-25(10-14-30)31-27(21-39(37-31)29-5-2-1-3-6-29)19-26(20-34)32(40)36-15-4-17-38-18-16-35-23-38/h1-3,5-14,16,18-19,21,23H,4,15,17,22H2,(H,36,40)/b26-19+. The number of benzene rings is 3. The number of nitriles is 1. The minimum atomic E-state index is -0.443. The monoisotopic (exact) mass is 546 g/mol. The normalized spacial score (nSPS) is 11.2. The van der Waals surface area contributed by atoms with E-state index in [1.54, 1.807) is 41.6 Å². The van der Waals surface area contributed by atoms with Crippen LogP contribution in [0.5, 0.6) is 5.75 Å². The van der Waals surface area contributed by atoms with E-state index in [0.717, 1.165) is 16.8 Å². The zero-order valence-electron chi connectivity index (χ0n) is 22.2. The summed E-state index contributed by atoms with van der Waals surface area (Å²) in [5.41, 5.74) is 3.71. The van der Waals surface area contributed by atoms with E-state index in [0.29, 0.717) is 43.1 Å². The number of hydrogen-bond acceptors (Lipinski definition) is 5. The largest absolute Gasteiger partial charge is 0.489 e. The lowest BCUT2D eigenvalue weighted by Gasteiger charge is -2.07. The Labute approximate surface area is 237 Å². The van der Waals surface area contributed by atoms with Gasteiger partial charge in [0.05, 0.1) is 17.7 Å². The number of aromatic nitrogens is 4. The zero-order valence-corrected chi connectivity index (χ0v) is 22.2. The summed E-state index contributed by atoms with van der Waals surface area (Å²) in [5, 5.41) is 17.4. The van der Waals surface area contributed by atoms with Crippen LogP contribution in [0, 0.1) is 17.1 Å². The van der Waals surface area contributed by atoms with Crippen molar-refractivity contribution >= 4 is 12.0 Å². The quantitative estimate of drug-likeness (QED) is 0.133. The molecule has 0 fully saturated rings. The summed E-state index contributed by atoms with van der Waals surface area (Å²) in [6.07, 6.45) is 9.35. The highest BCUT2D eigenvalue weighted by Gasteiger charge is 2.15. The predicted octanol–water partition coefficient (Wildman–Crippen LogP) is 5.57. The van der Waals surface area contributed by atoms with Gasteiger partial charge in [0.2, 0.25) is 0 Å². The molecule has 1 amide bonds. The third-order valence-electron chi connectivity index (χ3n) is 6.31. The highest BCUT2D eigenvalue weighted by Crippen LogP contribution is 2.28. The summed E-state index contributed by atoms with van der Waals surface area (Å²) in [5.74, 6) is -0.0907. The molecule has 0 radical (unpaired) electrons. The van der Waals surface area contributed by atoms with Gasteiger partial charge in [0.15, 0.2) is 0 Å². The number of aryl methyl sites for hydroxylation is 1. The number of rotatable bonds is 11. The molecular weight excluding hydrogens is 519 g/mol. The van der Waals surface area contributed by atoms with Crippen LogP contribution in [0.2, 0.25) is 0 Å². The lowest BCUT2D eigenvalue weighted by Crippen LogP contribution is -2.26. The van der Waals surface area contributed by atoms with Crippen molar-refractivity contribution < 1.29 is 13.9 Å². The van der Waals surface area contributed by atoms with Crippen LogP contribution in [0.1, 0.15) is 17.5 Å². The molecule has 0 saturated heterocycles. The van der Waals surface area contributed by atoms with Gasteiger partial charge in [0.1, 0.15) is 29.8 Å². The maximum Gasteiger partial charge on any atom is 0.261 e. The molecule has 204 valence electrons. The Morgan fingerprint density at radius 1 is 1.05 bits per heavy atom. The molecule has 0 aliphatic carbocycles. The Hall–Kier alpha value is -5.49. The molecule has 5 rings (SSSR count). The number of ether oxygens (including phenoxy) is 1. The van der Waals surface area contributed by atoms with Gasteiger partial charge in [-0.1, -0.05) is 30.3 Å². The summed E-state index contributed by atoms with van der Waals surface area (Å²) in [4.78, 5) is 16.8. The van der Waals surface area contributed by atoms with E-state index in [4.69, 9.17) is 9.84 Å². The van der Waals surface area contributed by atoms with Gasteiger partial charge in [0, 0.05) is 42.8 Å². The molecule has 41 heavy (non-hydrogen) atoms. The lowest BCUT2D eigenvalue weighted by molar-refractivity contribution is -0.117. The van der Waals surface area contributed by atoms with E-state index >= 15 is 0 Å². The highest BCUT2D eigenvalue weighted by molar-refractivity contribution is 6.02. The first-order chi connectivity index (χ1) is 20.1. The number of halogens is 1. The van der Waals surface area contributed by atoms with E-state index < -0.39 is 5.91 Å². The summed E-state index contributed by atoms with van der Waals surface area (Å²) in [6.45, 7) is 1.44. The number of hydrogen-bond donors (Lipinski definition) is 1. The number of amides is 1. The fourth-order valence-corrected chi connectivity index (χ4v) is 4.17. The highest BCUT2D eigenvalue weighted by atomic mass is 19.1. The maximum absolute atomic E-state index is 13.2. The molecule has 2 aromatic heterocycles. The van der Waals surface area contributed by atoms with Crippen LogP contribution >= 0.6 is 0 Å². The van der Waals surface area contributed by atoms with E-state index in [-0.39, 0.29) is 11.4 Å². The minimum Gasteiger partial charge on any atom is -0.489 e. The van der Waals surface area contributed by atoms with E-state index in [1.165, 1.54) is 12.1 Å². The molecule has 5 aromatic rings.